The van der Waals surface area contributed by atoms with E-state index in [9.17, 15) is 4.79 Å². The van der Waals surface area contributed by atoms with Crippen molar-refractivity contribution in [3.63, 3.8) is 0 Å². The quantitative estimate of drug-likeness (QED) is 0.864. The van der Waals surface area contributed by atoms with E-state index in [1.54, 1.807) is 0 Å². The maximum absolute atomic E-state index is 11.5. The maximum Gasteiger partial charge on any atom is 0.251 e. The number of nitrogens with zero attached hydrogens (tertiary/aromatic N) is 4. The van der Waals surface area contributed by atoms with Crippen LogP contribution in [0.4, 0.5) is 11.8 Å². The minimum atomic E-state index is -0.105. The van der Waals surface area contributed by atoms with Crippen LogP contribution in [0.15, 0.2) is 10.9 Å². The van der Waals surface area contributed by atoms with E-state index in [0.29, 0.717) is 18.8 Å². The van der Waals surface area contributed by atoms with Gasteiger partial charge in [0.05, 0.1) is 5.69 Å². The first-order chi connectivity index (χ1) is 11.5. The minimum Gasteiger partial charge on any atom is -0.369 e. The van der Waals surface area contributed by atoms with Crippen LogP contribution in [0.2, 0.25) is 0 Å². The number of nitrogens with one attached hydrogen (secondary N) is 2. The Balaban J connectivity index is 1.76. The Bertz CT molecular complexity index is 783. The van der Waals surface area contributed by atoms with Gasteiger partial charge in [0.25, 0.3) is 5.56 Å². The molecule has 0 saturated heterocycles. The molecule has 24 heavy (non-hydrogen) atoms. The molecule has 0 aliphatic heterocycles. The molecule has 0 aromatic carbocycles. The number of hydrogen-bond acceptors (Lipinski definition) is 6. The van der Waals surface area contributed by atoms with Crippen LogP contribution in [0, 0.1) is 6.92 Å². The Morgan fingerprint density at radius 2 is 2.00 bits per heavy atom. The number of hydrogen-bond donors (Lipinski definition) is 2. The molecule has 0 atom stereocenters. The van der Waals surface area contributed by atoms with Crippen LogP contribution in [0.1, 0.15) is 35.6 Å². The van der Waals surface area contributed by atoms with Gasteiger partial charge >= 0.3 is 0 Å². The summed E-state index contributed by atoms with van der Waals surface area (Å²) >= 11 is 0. The molecule has 2 N–H and O–H groups in total. The van der Waals surface area contributed by atoms with Crippen molar-refractivity contribution in [2.45, 2.75) is 39.0 Å². The Labute approximate surface area is 141 Å². The van der Waals surface area contributed by atoms with Gasteiger partial charge in [0, 0.05) is 44.4 Å². The molecular formula is C17H24N6O. The van der Waals surface area contributed by atoms with E-state index in [1.807, 2.05) is 25.9 Å². The molecule has 1 aliphatic carbocycles. The number of aromatic amines is 1. The van der Waals surface area contributed by atoms with E-state index in [2.05, 4.69) is 25.3 Å². The topological polar surface area (TPSA) is 86.8 Å². The second-order valence-electron chi connectivity index (χ2n) is 6.41. The van der Waals surface area contributed by atoms with E-state index < -0.39 is 0 Å². The predicted octanol–water partition coefficient (Wildman–Crippen LogP) is 1.47. The zero-order valence-corrected chi connectivity index (χ0v) is 14.5. The van der Waals surface area contributed by atoms with E-state index in [-0.39, 0.29) is 5.56 Å². The molecule has 7 nitrogen and oxygen atoms in total. The number of rotatable bonds is 5. The second-order valence-corrected chi connectivity index (χ2v) is 6.41. The molecule has 0 spiro atoms. The van der Waals surface area contributed by atoms with Gasteiger partial charge in [0.1, 0.15) is 11.6 Å². The van der Waals surface area contributed by atoms with Gasteiger partial charge in [-0.2, -0.15) is 4.98 Å². The zero-order chi connectivity index (χ0) is 17.1. The average molecular weight is 328 g/mol. The molecule has 0 bridgehead atoms. The number of aromatic nitrogens is 4. The molecule has 0 fully saturated rings. The van der Waals surface area contributed by atoms with Crippen molar-refractivity contribution in [1.82, 2.24) is 19.9 Å². The zero-order valence-electron chi connectivity index (χ0n) is 14.5. The van der Waals surface area contributed by atoms with Crippen molar-refractivity contribution >= 4 is 11.8 Å². The molecule has 3 rings (SSSR count). The molecule has 0 saturated carbocycles. The number of fused-ring (bicyclic) bond motifs is 1. The van der Waals surface area contributed by atoms with Gasteiger partial charge < -0.3 is 15.2 Å². The monoisotopic (exact) mass is 328 g/mol. The summed E-state index contributed by atoms with van der Waals surface area (Å²) in [6.07, 6.45) is 5.04. The van der Waals surface area contributed by atoms with Crippen LogP contribution >= 0.6 is 0 Å². The van der Waals surface area contributed by atoms with Crippen molar-refractivity contribution in [2.75, 3.05) is 30.9 Å². The Hall–Kier alpha value is -2.44. The molecule has 1 aliphatic rings. The van der Waals surface area contributed by atoms with Gasteiger partial charge in [-0.15, -0.1) is 0 Å². The lowest BCUT2D eigenvalue weighted by atomic mass is 9.96. The van der Waals surface area contributed by atoms with Crippen LogP contribution in [0.5, 0.6) is 0 Å². The summed E-state index contributed by atoms with van der Waals surface area (Å²) in [7, 11) is 3.91. The van der Waals surface area contributed by atoms with Gasteiger partial charge in [-0.25, -0.2) is 9.97 Å². The summed E-state index contributed by atoms with van der Waals surface area (Å²) in [4.78, 5) is 29.9. The molecule has 2 aromatic heterocycles. The number of H-pyrrole nitrogens is 1. The lowest BCUT2D eigenvalue weighted by molar-refractivity contribution is 0.662. The first kappa shape index (κ1) is 16.4. The fourth-order valence-electron chi connectivity index (χ4n) is 2.99. The third-order valence-electron chi connectivity index (χ3n) is 4.14. The summed E-state index contributed by atoms with van der Waals surface area (Å²) in [5.74, 6) is 2.35. The largest absolute Gasteiger partial charge is 0.369 e. The summed E-state index contributed by atoms with van der Waals surface area (Å²) in [6, 6.07) is 1.50. The first-order valence-corrected chi connectivity index (χ1v) is 8.41. The van der Waals surface area contributed by atoms with Crippen molar-refractivity contribution in [2.24, 2.45) is 0 Å². The van der Waals surface area contributed by atoms with Crippen LogP contribution in [0.3, 0.4) is 0 Å². The predicted molar refractivity (Wildman–Crippen MR) is 94.8 cm³/mol. The van der Waals surface area contributed by atoms with E-state index >= 15 is 0 Å². The highest BCUT2D eigenvalue weighted by molar-refractivity contribution is 5.52. The van der Waals surface area contributed by atoms with Crippen LogP contribution < -0.4 is 15.8 Å². The smallest absolute Gasteiger partial charge is 0.251 e. The highest BCUT2D eigenvalue weighted by atomic mass is 16.1. The third-order valence-corrected chi connectivity index (χ3v) is 4.14. The Kier molecular flexibility index (Phi) is 4.78. The van der Waals surface area contributed by atoms with Crippen molar-refractivity contribution in [1.29, 1.82) is 0 Å². The van der Waals surface area contributed by atoms with E-state index in [1.165, 1.54) is 24.5 Å². The van der Waals surface area contributed by atoms with Gasteiger partial charge in [0.15, 0.2) is 0 Å². The third kappa shape index (κ3) is 3.72. The van der Waals surface area contributed by atoms with Crippen molar-refractivity contribution in [3.05, 3.63) is 39.2 Å². The van der Waals surface area contributed by atoms with E-state index in [0.717, 1.165) is 36.0 Å². The fourth-order valence-corrected chi connectivity index (χ4v) is 2.99. The first-order valence-electron chi connectivity index (χ1n) is 8.41. The van der Waals surface area contributed by atoms with Gasteiger partial charge in [-0.1, -0.05) is 0 Å². The van der Waals surface area contributed by atoms with Crippen molar-refractivity contribution in [3.8, 4) is 0 Å². The molecule has 0 radical (unpaired) electrons. The molecule has 7 heteroatoms. The normalized spacial score (nSPS) is 13.5. The Morgan fingerprint density at radius 3 is 2.75 bits per heavy atom. The maximum atomic E-state index is 11.5. The standard InChI is InChI=1S/C17H24N6O/c1-11-10-15(24)21-14(19-11)8-9-18-16-12-6-4-5-7-13(12)20-17(22-16)23(2)3/h10H,4-9H2,1-3H3,(H,18,20,22)(H,19,21,24). The van der Waals surface area contributed by atoms with Crippen LogP contribution in [0.25, 0.3) is 0 Å². The van der Waals surface area contributed by atoms with Gasteiger partial charge in [-0.3, -0.25) is 4.79 Å². The number of aryl methyl sites for hydroxylation is 2. The van der Waals surface area contributed by atoms with Crippen molar-refractivity contribution < 1.29 is 0 Å². The summed E-state index contributed by atoms with van der Waals surface area (Å²) in [5.41, 5.74) is 3.02. The Morgan fingerprint density at radius 1 is 1.21 bits per heavy atom. The lowest BCUT2D eigenvalue weighted by Gasteiger charge is -2.21. The summed E-state index contributed by atoms with van der Waals surface area (Å²) < 4.78 is 0. The van der Waals surface area contributed by atoms with Gasteiger partial charge in [0.2, 0.25) is 5.95 Å². The molecular weight excluding hydrogens is 304 g/mol. The molecule has 2 aromatic rings. The molecule has 0 unspecified atom stereocenters. The van der Waals surface area contributed by atoms with Crippen LogP contribution in [-0.2, 0) is 19.3 Å². The second kappa shape index (κ2) is 6.98. The summed E-state index contributed by atoms with van der Waals surface area (Å²) in [6.45, 7) is 2.50. The fraction of sp³-hybridized carbons (Fsp3) is 0.529. The minimum absolute atomic E-state index is 0.105. The number of anilines is 2. The SMILES string of the molecule is Cc1cc(=O)[nH]c(CCNc2nc(N(C)C)nc3c2CCCC3)n1. The summed E-state index contributed by atoms with van der Waals surface area (Å²) in [5, 5.41) is 3.42. The molecule has 128 valence electrons. The highest BCUT2D eigenvalue weighted by Gasteiger charge is 2.18. The average Bonchev–Trinajstić information content (AvgIpc) is 2.53. The van der Waals surface area contributed by atoms with E-state index in [4.69, 9.17) is 0 Å². The lowest BCUT2D eigenvalue weighted by Crippen LogP contribution is -2.20. The highest BCUT2D eigenvalue weighted by Crippen LogP contribution is 2.27. The van der Waals surface area contributed by atoms with Gasteiger partial charge in [-0.05, 0) is 32.6 Å². The van der Waals surface area contributed by atoms with Crippen LogP contribution in [-0.4, -0.2) is 40.6 Å². The molecule has 0 amide bonds. The molecule has 2 heterocycles.